The number of aromatic nitrogens is 1. The van der Waals surface area contributed by atoms with Crippen LogP contribution < -0.4 is 10.3 Å². The van der Waals surface area contributed by atoms with Crippen LogP contribution in [0.25, 0.3) is 0 Å². The average molecular weight is 349 g/mol. The van der Waals surface area contributed by atoms with Crippen molar-refractivity contribution in [3.8, 4) is 5.75 Å². The molecule has 24 heavy (non-hydrogen) atoms. The van der Waals surface area contributed by atoms with Gasteiger partial charge in [0, 0.05) is 18.5 Å². The van der Waals surface area contributed by atoms with Gasteiger partial charge in [-0.3, -0.25) is 4.79 Å². The highest BCUT2D eigenvalue weighted by molar-refractivity contribution is 7.90. The Morgan fingerprint density at radius 3 is 2.38 bits per heavy atom. The molecule has 0 aliphatic rings. The Kier molecular flexibility index (Phi) is 6.20. The molecule has 0 radical (unpaired) electrons. The minimum Gasteiger partial charge on any atom is -0.493 e. The van der Waals surface area contributed by atoms with E-state index in [-0.39, 0.29) is 10.5 Å². The zero-order valence-corrected chi connectivity index (χ0v) is 14.9. The standard InChI is InChI=1S/C18H23NO4S/c1-3-4-5-12-23-16-10-11-19(18(20)13-16)14-15-6-8-17(9-7-15)24(2,21)22/h6-11,13H,3-5,12,14H2,1-2H3. The summed E-state index contributed by atoms with van der Waals surface area (Å²) < 4.78 is 30.0. The number of benzene rings is 1. The normalized spacial score (nSPS) is 11.4. The molecular weight excluding hydrogens is 326 g/mol. The predicted molar refractivity (Wildman–Crippen MR) is 94.4 cm³/mol. The number of hydrogen-bond donors (Lipinski definition) is 0. The molecule has 2 aromatic rings. The van der Waals surface area contributed by atoms with Gasteiger partial charge < -0.3 is 9.30 Å². The number of ether oxygens (including phenoxy) is 1. The number of sulfone groups is 1. The van der Waals surface area contributed by atoms with E-state index < -0.39 is 9.84 Å². The third kappa shape index (κ3) is 5.23. The van der Waals surface area contributed by atoms with Gasteiger partial charge in [0.1, 0.15) is 5.75 Å². The summed E-state index contributed by atoms with van der Waals surface area (Å²) in [6, 6.07) is 9.81. The predicted octanol–water partition coefficient (Wildman–Crippen LogP) is 2.87. The molecule has 0 N–H and O–H groups in total. The molecule has 0 bridgehead atoms. The number of hydrogen-bond acceptors (Lipinski definition) is 4. The second-order valence-corrected chi connectivity index (χ2v) is 7.82. The SMILES string of the molecule is CCCCCOc1ccn(Cc2ccc(S(C)(=O)=O)cc2)c(=O)c1. The molecule has 0 aliphatic carbocycles. The Morgan fingerprint density at radius 1 is 1.08 bits per heavy atom. The first-order valence-corrected chi connectivity index (χ1v) is 9.91. The van der Waals surface area contributed by atoms with Crippen LogP contribution in [0, 0.1) is 0 Å². The van der Waals surface area contributed by atoms with Crippen LogP contribution in [0.5, 0.6) is 5.75 Å². The third-order valence-corrected chi connectivity index (χ3v) is 4.82. The Labute approximate surface area is 142 Å². The quantitative estimate of drug-likeness (QED) is 0.688. The smallest absolute Gasteiger partial charge is 0.254 e. The van der Waals surface area contributed by atoms with Gasteiger partial charge in [-0.15, -0.1) is 0 Å². The van der Waals surface area contributed by atoms with Gasteiger partial charge in [0.15, 0.2) is 9.84 Å². The van der Waals surface area contributed by atoms with E-state index in [1.807, 2.05) is 0 Å². The molecule has 0 aliphatic heterocycles. The maximum absolute atomic E-state index is 12.1. The number of rotatable bonds is 8. The van der Waals surface area contributed by atoms with Crippen LogP contribution in [0.15, 0.2) is 52.3 Å². The van der Waals surface area contributed by atoms with E-state index in [4.69, 9.17) is 4.74 Å². The van der Waals surface area contributed by atoms with Crippen LogP contribution in [-0.4, -0.2) is 25.8 Å². The summed E-state index contributed by atoms with van der Waals surface area (Å²) in [5.74, 6) is 0.583. The van der Waals surface area contributed by atoms with E-state index in [0.717, 1.165) is 24.8 Å². The molecule has 1 aromatic carbocycles. The van der Waals surface area contributed by atoms with Crippen molar-refractivity contribution in [3.05, 3.63) is 58.5 Å². The van der Waals surface area contributed by atoms with Crippen LogP contribution in [0.3, 0.4) is 0 Å². The van der Waals surface area contributed by atoms with Gasteiger partial charge in [-0.1, -0.05) is 31.9 Å². The van der Waals surface area contributed by atoms with Crippen LogP contribution in [0.4, 0.5) is 0 Å². The van der Waals surface area contributed by atoms with Gasteiger partial charge in [-0.05, 0) is 30.2 Å². The van der Waals surface area contributed by atoms with Gasteiger partial charge in [-0.25, -0.2) is 8.42 Å². The third-order valence-electron chi connectivity index (χ3n) is 3.69. The summed E-state index contributed by atoms with van der Waals surface area (Å²) in [5.41, 5.74) is 0.719. The van der Waals surface area contributed by atoms with Crippen molar-refractivity contribution in [1.29, 1.82) is 0 Å². The molecule has 0 unspecified atom stereocenters. The lowest BCUT2D eigenvalue weighted by molar-refractivity contribution is 0.305. The largest absolute Gasteiger partial charge is 0.493 e. The van der Waals surface area contributed by atoms with Crippen molar-refractivity contribution >= 4 is 9.84 Å². The molecular formula is C18H23NO4S. The highest BCUT2D eigenvalue weighted by atomic mass is 32.2. The average Bonchev–Trinajstić information content (AvgIpc) is 2.54. The second kappa shape index (κ2) is 8.15. The molecule has 2 rings (SSSR count). The van der Waals surface area contributed by atoms with Crippen molar-refractivity contribution in [2.75, 3.05) is 12.9 Å². The second-order valence-electron chi connectivity index (χ2n) is 5.80. The molecule has 5 nitrogen and oxygen atoms in total. The van der Waals surface area contributed by atoms with Crippen molar-refractivity contribution in [2.45, 2.75) is 37.6 Å². The van der Waals surface area contributed by atoms with E-state index in [1.165, 1.54) is 12.3 Å². The topological polar surface area (TPSA) is 65.4 Å². The van der Waals surface area contributed by atoms with Crippen LogP contribution in [-0.2, 0) is 16.4 Å². The first-order chi connectivity index (χ1) is 11.4. The van der Waals surface area contributed by atoms with Crippen molar-refractivity contribution < 1.29 is 13.2 Å². The van der Waals surface area contributed by atoms with Gasteiger partial charge in [-0.2, -0.15) is 0 Å². The number of nitrogens with zero attached hydrogens (tertiary/aromatic N) is 1. The Bertz CT molecular complexity index is 823. The summed E-state index contributed by atoms with van der Waals surface area (Å²) >= 11 is 0. The van der Waals surface area contributed by atoms with Gasteiger partial charge in [0.25, 0.3) is 5.56 Å². The molecule has 0 saturated heterocycles. The van der Waals surface area contributed by atoms with E-state index in [9.17, 15) is 13.2 Å². The fourth-order valence-electron chi connectivity index (χ4n) is 2.29. The fraction of sp³-hybridized carbons (Fsp3) is 0.389. The Balaban J connectivity index is 2.04. The summed E-state index contributed by atoms with van der Waals surface area (Å²) in [4.78, 5) is 12.4. The molecule has 130 valence electrons. The molecule has 0 amide bonds. The number of pyridine rings is 1. The monoisotopic (exact) mass is 349 g/mol. The molecule has 1 aromatic heterocycles. The first-order valence-electron chi connectivity index (χ1n) is 8.02. The highest BCUT2D eigenvalue weighted by Crippen LogP contribution is 2.12. The van der Waals surface area contributed by atoms with E-state index in [1.54, 1.807) is 41.1 Å². The lowest BCUT2D eigenvalue weighted by atomic mass is 10.2. The van der Waals surface area contributed by atoms with E-state index in [0.29, 0.717) is 18.9 Å². The van der Waals surface area contributed by atoms with Gasteiger partial charge in [0.05, 0.1) is 18.0 Å². The number of unbranched alkanes of at least 4 members (excludes halogenated alkanes) is 2. The fourth-order valence-corrected chi connectivity index (χ4v) is 2.92. The molecule has 0 fully saturated rings. The summed E-state index contributed by atoms with van der Waals surface area (Å²) in [7, 11) is -3.20. The highest BCUT2D eigenvalue weighted by Gasteiger charge is 2.07. The summed E-state index contributed by atoms with van der Waals surface area (Å²) in [6.45, 7) is 3.13. The van der Waals surface area contributed by atoms with Crippen LogP contribution in [0.2, 0.25) is 0 Å². The van der Waals surface area contributed by atoms with Crippen LogP contribution >= 0.6 is 0 Å². The molecule has 6 heteroatoms. The Hall–Kier alpha value is -2.08. The summed E-state index contributed by atoms with van der Waals surface area (Å²) in [6.07, 6.45) is 6.09. The maximum atomic E-state index is 12.1. The lowest BCUT2D eigenvalue weighted by Gasteiger charge is -2.09. The minimum absolute atomic E-state index is 0.143. The molecule has 0 saturated carbocycles. The Morgan fingerprint density at radius 2 is 1.79 bits per heavy atom. The molecule has 0 spiro atoms. The zero-order chi connectivity index (χ0) is 17.6. The van der Waals surface area contributed by atoms with E-state index in [2.05, 4.69) is 6.92 Å². The van der Waals surface area contributed by atoms with Crippen molar-refractivity contribution in [3.63, 3.8) is 0 Å². The first kappa shape index (κ1) is 18.3. The molecule has 1 heterocycles. The van der Waals surface area contributed by atoms with Crippen LogP contribution in [0.1, 0.15) is 31.7 Å². The van der Waals surface area contributed by atoms with Crippen molar-refractivity contribution in [2.24, 2.45) is 0 Å². The maximum Gasteiger partial charge on any atom is 0.254 e. The summed E-state index contributed by atoms with van der Waals surface area (Å²) in [5, 5.41) is 0. The van der Waals surface area contributed by atoms with E-state index >= 15 is 0 Å². The lowest BCUT2D eigenvalue weighted by Crippen LogP contribution is -2.19. The van der Waals surface area contributed by atoms with Gasteiger partial charge in [0.2, 0.25) is 0 Å². The molecule has 0 atom stereocenters. The van der Waals surface area contributed by atoms with Crippen molar-refractivity contribution in [1.82, 2.24) is 4.57 Å². The minimum atomic E-state index is -3.20. The zero-order valence-electron chi connectivity index (χ0n) is 14.1. The van der Waals surface area contributed by atoms with Gasteiger partial charge >= 0.3 is 0 Å².